The van der Waals surface area contributed by atoms with Crippen molar-refractivity contribution < 1.29 is 10.2 Å². The van der Waals surface area contributed by atoms with Crippen LogP contribution in [0.25, 0.3) is 16.7 Å². The van der Waals surface area contributed by atoms with E-state index in [-0.39, 0.29) is 19.1 Å². The van der Waals surface area contributed by atoms with E-state index in [0.29, 0.717) is 0 Å². The van der Waals surface area contributed by atoms with Crippen molar-refractivity contribution in [1.82, 2.24) is 0 Å². The third kappa shape index (κ3) is 4.19. The summed E-state index contributed by atoms with van der Waals surface area (Å²) in [5.41, 5.74) is 10.3. The average Bonchev–Trinajstić information content (AvgIpc) is 3.30. The molecule has 2 heteroatoms. The van der Waals surface area contributed by atoms with Gasteiger partial charge in [-0.05, 0) is 56.2 Å². The highest BCUT2D eigenvalue weighted by molar-refractivity contribution is 6.11. The summed E-state index contributed by atoms with van der Waals surface area (Å²) in [4.78, 5) is 0. The molecular weight excluding hydrogens is 404 g/mol. The summed E-state index contributed by atoms with van der Waals surface area (Å²) in [6.45, 7) is 0.0766. The Morgan fingerprint density at radius 3 is 1.58 bits per heavy atom. The third-order valence-electron chi connectivity index (χ3n) is 6.32. The predicted molar refractivity (Wildman–Crippen MR) is 135 cm³/mol. The van der Waals surface area contributed by atoms with Crippen LogP contribution < -0.4 is 0 Å². The summed E-state index contributed by atoms with van der Waals surface area (Å²) in [6, 6.07) is 37.6. The van der Waals surface area contributed by atoms with Gasteiger partial charge < -0.3 is 10.2 Å². The molecule has 1 atom stereocenters. The van der Waals surface area contributed by atoms with Gasteiger partial charge in [0.05, 0.1) is 13.2 Å². The van der Waals surface area contributed by atoms with Crippen LogP contribution in [0, 0.1) is 0 Å². The minimum atomic E-state index is 0.0375. The fraction of sp³-hybridized carbons (Fsp3) is 0.0968. The van der Waals surface area contributed by atoms with Gasteiger partial charge in [0.15, 0.2) is 0 Å². The van der Waals surface area contributed by atoms with E-state index in [0.717, 1.165) is 22.3 Å². The highest BCUT2D eigenvalue weighted by Crippen LogP contribution is 2.52. The van der Waals surface area contributed by atoms with Crippen molar-refractivity contribution in [3.05, 3.63) is 149 Å². The van der Waals surface area contributed by atoms with Gasteiger partial charge in [-0.1, -0.05) is 109 Å². The van der Waals surface area contributed by atoms with Gasteiger partial charge in [0.1, 0.15) is 0 Å². The molecule has 5 rings (SSSR count). The maximum atomic E-state index is 9.51. The summed E-state index contributed by atoms with van der Waals surface area (Å²) < 4.78 is 0. The van der Waals surface area contributed by atoms with Crippen molar-refractivity contribution in [3.63, 3.8) is 0 Å². The summed E-state index contributed by atoms with van der Waals surface area (Å²) in [5.74, 6) is 0.0843. The Bertz CT molecular complexity index is 1280. The van der Waals surface area contributed by atoms with Crippen molar-refractivity contribution >= 4 is 16.7 Å². The third-order valence-corrected chi connectivity index (χ3v) is 6.32. The molecule has 33 heavy (non-hydrogen) atoms. The lowest BCUT2D eigenvalue weighted by atomic mass is 9.81. The van der Waals surface area contributed by atoms with Gasteiger partial charge in [0, 0.05) is 5.92 Å². The van der Waals surface area contributed by atoms with Crippen molar-refractivity contribution in [2.75, 3.05) is 0 Å². The first-order valence-corrected chi connectivity index (χ1v) is 11.2. The molecule has 0 spiro atoms. The second-order valence-electron chi connectivity index (χ2n) is 8.35. The lowest BCUT2D eigenvalue weighted by molar-refractivity contribution is 0.281. The largest absolute Gasteiger partial charge is 0.392 e. The van der Waals surface area contributed by atoms with Crippen LogP contribution in [-0.4, -0.2) is 10.2 Å². The van der Waals surface area contributed by atoms with Gasteiger partial charge in [-0.2, -0.15) is 0 Å². The van der Waals surface area contributed by atoms with Gasteiger partial charge in [0.25, 0.3) is 0 Å². The Morgan fingerprint density at radius 1 is 0.515 bits per heavy atom. The van der Waals surface area contributed by atoms with Crippen LogP contribution >= 0.6 is 0 Å². The topological polar surface area (TPSA) is 40.5 Å². The molecule has 1 aliphatic carbocycles. The van der Waals surface area contributed by atoms with Gasteiger partial charge >= 0.3 is 0 Å². The van der Waals surface area contributed by atoms with E-state index in [2.05, 4.69) is 84.9 Å². The molecule has 0 amide bonds. The highest BCUT2D eigenvalue weighted by atomic mass is 16.3. The van der Waals surface area contributed by atoms with E-state index in [4.69, 9.17) is 0 Å². The quantitative estimate of drug-likeness (QED) is 0.368. The van der Waals surface area contributed by atoms with E-state index in [1.165, 1.54) is 27.8 Å². The number of hydrogen-bond donors (Lipinski definition) is 2. The molecule has 2 N–H and O–H groups in total. The van der Waals surface area contributed by atoms with E-state index in [1.807, 2.05) is 30.3 Å². The first kappa shape index (κ1) is 21.1. The van der Waals surface area contributed by atoms with Gasteiger partial charge in [-0.25, -0.2) is 0 Å². The average molecular weight is 431 g/mol. The molecule has 0 aromatic heterocycles. The lowest BCUT2D eigenvalue weighted by Gasteiger charge is -2.22. The molecule has 2 nitrogen and oxygen atoms in total. The molecule has 0 radical (unpaired) electrons. The van der Waals surface area contributed by atoms with Crippen LogP contribution in [-0.2, 0) is 13.2 Å². The molecule has 1 aliphatic rings. The Balaban J connectivity index is 1.74. The Hall–Kier alpha value is -3.72. The fourth-order valence-corrected chi connectivity index (χ4v) is 4.64. The number of allylic oxidation sites excluding steroid dienone is 4. The highest BCUT2D eigenvalue weighted by Gasteiger charge is 2.31. The molecular formula is C31H26O2. The Morgan fingerprint density at radius 2 is 1.03 bits per heavy atom. The number of aliphatic hydroxyl groups is 2. The summed E-state index contributed by atoms with van der Waals surface area (Å²) >= 11 is 0. The Kier molecular flexibility index (Phi) is 6.03. The zero-order valence-corrected chi connectivity index (χ0v) is 18.4. The molecule has 0 bridgehead atoms. The van der Waals surface area contributed by atoms with Crippen molar-refractivity contribution in [3.8, 4) is 0 Å². The van der Waals surface area contributed by atoms with Crippen molar-refractivity contribution in [1.29, 1.82) is 0 Å². The van der Waals surface area contributed by atoms with E-state index in [1.54, 1.807) is 0 Å². The van der Waals surface area contributed by atoms with Crippen LogP contribution in [0.2, 0.25) is 0 Å². The van der Waals surface area contributed by atoms with E-state index < -0.39 is 0 Å². The molecule has 1 unspecified atom stereocenters. The molecule has 0 aliphatic heterocycles. The van der Waals surface area contributed by atoms with Crippen molar-refractivity contribution in [2.24, 2.45) is 0 Å². The number of aliphatic hydroxyl groups excluding tert-OH is 2. The van der Waals surface area contributed by atoms with E-state index in [9.17, 15) is 10.2 Å². The second kappa shape index (κ2) is 9.41. The molecule has 0 saturated carbocycles. The molecule has 4 aromatic carbocycles. The zero-order valence-electron chi connectivity index (χ0n) is 18.4. The monoisotopic (exact) mass is 430 g/mol. The molecule has 0 fully saturated rings. The summed E-state index contributed by atoms with van der Waals surface area (Å²) in [6.07, 6.45) is 2.31. The van der Waals surface area contributed by atoms with Gasteiger partial charge in [-0.15, -0.1) is 0 Å². The molecule has 0 saturated heterocycles. The minimum absolute atomic E-state index is 0.0375. The van der Waals surface area contributed by atoms with Crippen LogP contribution in [0.1, 0.15) is 39.3 Å². The van der Waals surface area contributed by atoms with Crippen LogP contribution in [0.3, 0.4) is 0 Å². The maximum Gasteiger partial charge on any atom is 0.0681 e. The van der Waals surface area contributed by atoms with Crippen LogP contribution in [0.5, 0.6) is 0 Å². The van der Waals surface area contributed by atoms with Crippen LogP contribution in [0.4, 0.5) is 0 Å². The summed E-state index contributed by atoms with van der Waals surface area (Å²) in [5, 5.41) is 19.0. The molecule has 0 heterocycles. The standard InChI is InChI=1S/C31H26O2/c32-20-22-11-15-24(16-12-22)28-19-29(25-17-13-23(21-33)14-18-25)31(27-9-5-2-6-10-27)30(28)26-7-3-1-4-8-26/h1-19,30,32-33H,20-21H2. The number of hydrogen-bond acceptors (Lipinski definition) is 2. The fourth-order valence-electron chi connectivity index (χ4n) is 4.64. The first-order chi connectivity index (χ1) is 16.3. The first-order valence-electron chi connectivity index (χ1n) is 11.2. The van der Waals surface area contributed by atoms with Crippen LogP contribution in [0.15, 0.2) is 115 Å². The lowest BCUT2D eigenvalue weighted by Crippen LogP contribution is -2.03. The van der Waals surface area contributed by atoms with Gasteiger partial charge in [0.2, 0.25) is 0 Å². The van der Waals surface area contributed by atoms with E-state index >= 15 is 0 Å². The summed E-state index contributed by atoms with van der Waals surface area (Å²) in [7, 11) is 0. The number of benzene rings is 4. The zero-order chi connectivity index (χ0) is 22.6. The second-order valence-corrected chi connectivity index (χ2v) is 8.35. The smallest absolute Gasteiger partial charge is 0.0681 e. The molecule has 4 aromatic rings. The number of rotatable bonds is 6. The van der Waals surface area contributed by atoms with Gasteiger partial charge in [-0.3, -0.25) is 0 Å². The normalized spacial score (nSPS) is 15.6. The maximum absolute atomic E-state index is 9.51. The minimum Gasteiger partial charge on any atom is -0.392 e. The predicted octanol–water partition coefficient (Wildman–Crippen LogP) is 6.46. The molecule has 162 valence electrons. The van der Waals surface area contributed by atoms with Crippen molar-refractivity contribution in [2.45, 2.75) is 19.1 Å². The Labute approximate surface area is 194 Å². The SMILES string of the molecule is OCc1ccc(C2=CC(c3ccc(CO)cc3)=C(c3ccccc3)C2c2ccccc2)cc1.